The van der Waals surface area contributed by atoms with Gasteiger partial charge in [-0.15, -0.1) is 26.3 Å². The first-order valence-corrected chi connectivity index (χ1v) is 4.27. The lowest BCUT2D eigenvalue weighted by atomic mass is 9.87. The Morgan fingerprint density at radius 3 is 1.25 bits per heavy atom. The van der Waals surface area contributed by atoms with Gasteiger partial charge in [0.2, 0.25) is 0 Å². The summed E-state index contributed by atoms with van der Waals surface area (Å²) in [5.41, 5.74) is 0. The SMILES string of the molecule is C=CCC(C=C)C(C=C)CC=C. The molecule has 2 atom stereocenters. The average Bonchev–Trinajstić information content (AvgIpc) is 2.11. The minimum Gasteiger partial charge on any atom is -0.103 e. The molecule has 0 nitrogen and oxygen atoms in total. The summed E-state index contributed by atoms with van der Waals surface area (Å²) in [5.74, 6) is 0.913. The number of hydrogen-bond donors (Lipinski definition) is 0. The molecule has 0 bridgehead atoms. The van der Waals surface area contributed by atoms with Gasteiger partial charge in [-0.1, -0.05) is 24.3 Å². The van der Waals surface area contributed by atoms with E-state index >= 15 is 0 Å². The molecule has 0 aromatic rings. The van der Waals surface area contributed by atoms with Crippen molar-refractivity contribution >= 4 is 0 Å². The van der Waals surface area contributed by atoms with Gasteiger partial charge >= 0.3 is 0 Å². The molecule has 0 aliphatic carbocycles. The largest absolute Gasteiger partial charge is 0.103 e. The smallest absolute Gasteiger partial charge is 0.0136 e. The van der Waals surface area contributed by atoms with Crippen molar-refractivity contribution in [3.63, 3.8) is 0 Å². The number of rotatable bonds is 7. The molecule has 0 saturated heterocycles. The molecular weight excluding hydrogens is 144 g/mol. The Bertz CT molecular complexity index is 145. The van der Waals surface area contributed by atoms with Crippen molar-refractivity contribution in [2.24, 2.45) is 11.8 Å². The van der Waals surface area contributed by atoms with Crippen molar-refractivity contribution in [1.29, 1.82) is 0 Å². The highest BCUT2D eigenvalue weighted by Crippen LogP contribution is 2.22. The predicted molar refractivity (Wildman–Crippen MR) is 57.0 cm³/mol. The van der Waals surface area contributed by atoms with Crippen molar-refractivity contribution < 1.29 is 0 Å². The van der Waals surface area contributed by atoms with Crippen LogP contribution in [0.4, 0.5) is 0 Å². The molecule has 0 heterocycles. The molecule has 0 aromatic heterocycles. The highest BCUT2D eigenvalue weighted by Gasteiger charge is 2.11. The van der Waals surface area contributed by atoms with Crippen LogP contribution in [-0.4, -0.2) is 0 Å². The summed E-state index contributed by atoms with van der Waals surface area (Å²) in [4.78, 5) is 0. The van der Waals surface area contributed by atoms with Crippen LogP contribution < -0.4 is 0 Å². The lowest BCUT2D eigenvalue weighted by Gasteiger charge is -2.18. The van der Waals surface area contributed by atoms with Gasteiger partial charge in [-0.3, -0.25) is 0 Å². The maximum absolute atomic E-state index is 3.80. The molecule has 0 amide bonds. The molecule has 0 heteroatoms. The Morgan fingerprint density at radius 1 is 0.750 bits per heavy atom. The van der Waals surface area contributed by atoms with E-state index in [1.807, 2.05) is 24.3 Å². The zero-order valence-electron chi connectivity index (χ0n) is 7.71. The van der Waals surface area contributed by atoms with Crippen molar-refractivity contribution in [2.75, 3.05) is 0 Å². The van der Waals surface area contributed by atoms with Crippen LogP contribution in [0.2, 0.25) is 0 Å². The first-order valence-electron chi connectivity index (χ1n) is 4.27. The van der Waals surface area contributed by atoms with E-state index in [1.165, 1.54) is 0 Å². The normalized spacial score (nSPS) is 14.3. The summed E-state index contributed by atoms with van der Waals surface area (Å²) in [6.45, 7) is 15.0. The van der Waals surface area contributed by atoms with Gasteiger partial charge in [0.1, 0.15) is 0 Å². The summed E-state index contributed by atoms with van der Waals surface area (Å²) >= 11 is 0. The molecule has 0 N–H and O–H groups in total. The van der Waals surface area contributed by atoms with E-state index in [4.69, 9.17) is 0 Å². The molecule has 0 aliphatic rings. The second-order valence-corrected chi connectivity index (χ2v) is 2.85. The second kappa shape index (κ2) is 6.66. The fourth-order valence-corrected chi connectivity index (χ4v) is 1.28. The molecule has 0 rings (SSSR count). The van der Waals surface area contributed by atoms with E-state index in [1.54, 1.807) is 0 Å². The molecular formula is C12H18. The van der Waals surface area contributed by atoms with Crippen molar-refractivity contribution in [3.8, 4) is 0 Å². The summed E-state index contributed by atoms with van der Waals surface area (Å²) < 4.78 is 0. The maximum atomic E-state index is 3.80. The highest BCUT2D eigenvalue weighted by atomic mass is 14.2. The van der Waals surface area contributed by atoms with Crippen molar-refractivity contribution in [1.82, 2.24) is 0 Å². The minimum absolute atomic E-state index is 0.456. The zero-order chi connectivity index (χ0) is 9.40. The summed E-state index contributed by atoms with van der Waals surface area (Å²) in [6.07, 6.45) is 9.72. The third-order valence-electron chi connectivity index (χ3n) is 2.03. The van der Waals surface area contributed by atoms with Gasteiger partial charge in [0.05, 0.1) is 0 Å². The van der Waals surface area contributed by atoms with Crippen LogP contribution in [0.15, 0.2) is 50.6 Å². The number of hydrogen-bond acceptors (Lipinski definition) is 0. The van der Waals surface area contributed by atoms with Crippen molar-refractivity contribution in [2.45, 2.75) is 12.8 Å². The molecule has 0 fully saturated rings. The highest BCUT2D eigenvalue weighted by molar-refractivity contribution is 4.98. The molecule has 0 saturated carbocycles. The average molecular weight is 162 g/mol. The van der Waals surface area contributed by atoms with Crippen LogP contribution in [0.25, 0.3) is 0 Å². The maximum Gasteiger partial charge on any atom is -0.0136 e. The zero-order valence-corrected chi connectivity index (χ0v) is 7.71. The van der Waals surface area contributed by atoms with Crippen LogP contribution in [-0.2, 0) is 0 Å². The predicted octanol–water partition coefficient (Wildman–Crippen LogP) is 3.74. The van der Waals surface area contributed by atoms with Crippen LogP contribution in [0.5, 0.6) is 0 Å². The van der Waals surface area contributed by atoms with Gasteiger partial charge in [0, 0.05) is 0 Å². The van der Waals surface area contributed by atoms with Gasteiger partial charge in [0.15, 0.2) is 0 Å². The molecule has 0 radical (unpaired) electrons. The lowest BCUT2D eigenvalue weighted by Crippen LogP contribution is -2.08. The monoisotopic (exact) mass is 162 g/mol. The molecule has 2 unspecified atom stereocenters. The fourth-order valence-electron chi connectivity index (χ4n) is 1.28. The van der Waals surface area contributed by atoms with E-state index < -0.39 is 0 Å². The molecule has 12 heavy (non-hydrogen) atoms. The van der Waals surface area contributed by atoms with Gasteiger partial charge in [0.25, 0.3) is 0 Å². The van der Waals surface area contributed by atoms with Gasteiger partial charge in [-0.25, -0.2) is 0 Å². The third kappa shape index (κ3) is 3.38. The quantitative estimate of drug-likeness (QED) is 0.500. The van der Waals surface area contributed by atoms with Gasteiger partial charge in [-0.05, 0) is 24.7 Å². The second-order valence-electron chi connectivity index (χ2n) is 2.85. The Kier molecular flexibility index (Phi) is 6.08. The topological polar surface area (TPSA) is 0 Å². The van der Waals surface area contributed by atoms with E-state index in [0.717, 1.165) is 12.8 Å². The lowest BCUT2D eigenvalue weighted by molar-refractivity contribution is 0.486. The first-order chi connectivity index (χ1) is 5.79. The van der Waals surface area contributed by atoms with Crippen LogP contribution in [0.3, 0.4) is 0 Å². The molecule has 0 aliphatic heterocycles. The third-order valence-corrected chi connectivity index (χ3v) is 2.03. The Labute approximate surface area is 76.0 Å². The molecule has 0 aromatic carbocycles. The van der Waals surface area contributed by atoms with E-state index in [2.05, 4.69) is 26.3 Å². The number of allylic oxidation sites excluding steroid dienone is 4. The van der Waals surface area contributed by atoms with Crippen LogP contribution in [0, 0.1) is 11.8 Å². The Balaban J connectivity index is 4.19. The van der Waals surface area contributed by atoms with Crippen LogP contribution in [0.1, 0.15) is 12.8 Å². The van der Waals surface area contributed by atoms with Crippen molar-refractivity contribution in [3.05, 3.63) is 50.6 Å². The van der Waals surface area contributed by atoms with E-state index in [-0.39, 0.29) is 0 Å². The van der Waals surface area contributed by atoms with Gasteiger partial charge in [-0.2, -0.15) is 0 Å². The molecule has 66 valence electrons. The summed E-state index contributed by atoms with van der Waals surface area (Å²) in [5, 5.41) is 0. The fraction of sp³-hybridized carbons (Fsp3) is 0.333. The Morgan fingerprint density at radius 2 is 1.08 bits per heavy atom. The molecule has 0 spiro atoms. The van der Waals surface area contributed by atoms with Gasteiger partial charge < -0.3 is 0 Å². The van der Waals surface area contributed by atoms with Crippen LogP contribution >= 0.6 is 0 Å². The summed E-state index contributed by atoms with van der Waals surface area (Å²) in [6, 6.07) is 0. The minimum atomic E-state index is 0.456. The Hall–Kier alpha value is -1.04. The first kappa shape index (κ1) is 11.0. The van der Waals surface area contributed by atoms with E-state index in [0.29, 0.717) is 11.8 Å². The standard InChI is InChI=1S/C12H18/c1-5-9-11(7-3)12(8-4)10-6-2/h5-8,11-12H,1-4,9-10H2. The van der Waals surface area contributed by atoms with E-state index in [9.17, 15) is 0 Å². The summed E-state index contributed by atoms with van der Waals surface area (Å²) in [7, 11) is 0.